The molecule has 1 aliphatic carbocycles. The Bertz CT molecular complexity index is 427. The third-order valence-corrected chi connectivity index (χ3v) is 3.54. The SMILES string of the molecule is O=C(O)CC1(c2ccc(Cl)cc2F)CCC1. The van der Waals surface area contributed by atoms with Gasteiger partial charge in [-0.2, -0.15) is 0 Å². The summed E-state index contributed by atoms with van der Waals surface area (Å²) in [5.41, 5.74) is -0.0221. The van der Waals surface area contributed by atoms with Gasteiger partial charge < -0.3 is 5.11 Å². The molecule has 0 amide bonds. The molecule has 0 atom stereocenters. The van der Waals surface area contributed by atoms with Crippen LogP contribution in [-0.2, 0) is 10.2 Å². The van der Waals surface area contributed by atoms with E-state index in [9.17, 15) is 9.18 Å². The van der Waals surface area contributed by atoms with Crippen molar-refractivity contribution in [3.63, 3.8) is 0 Å². The third kappa shape index (κ3) is 1.92. The lowest BCUT2D eigenvalue weighted by molar-refractivity contribution is -0.139. The van der Waals surface area contributed by atoms with Crippen LogP contribution in [0.4, 0.5) is 4.39 Å². The minimum absolute atomic E-state index is 0.00838. The number of halogens is 2. The van der Waals surface area contributed by atoms with E-state index in [1.165, 1.54) is 6.07 Å². The summed E-state index contributed by atoms with van der Waals surface area (Å²) in [7, 11) is 0. The molecule has 0 unspecified atom stereocenters. The lowest BCUT2D eigenvalue weighted by Crippen LogP contribution is -2.37. The van der Waals surface area contributed by atoms with Crippen LogP contribution >= 0.6 is 11.6 Å². The van der Waals surface area contributed by atoms with Gasteiger partial charge in [-0.1, -0.05) is 24.1 Å². The van der Waals surface area contributed by atoms with Gasteiger partial charge in [-0.25, -0.2) is 4.39 Å². The predicted octanol–water partition coefficient (Wildman–Crippen LogP) is 3.38. The van der Waals surface area contributed by atoms with Crippen molar-refractivity contribution in [2.24, 2.45) is 0 Å². The standard InChI is InChI=1S/C12H12ClFO2/c13-8-2-3-9(10(14)6-8)12(4-1-5-12)7-11(15)16/h2-3,6H,1,4-5,7H2,(H,15,16). The number of hydrogen-bond donors (Lipinski definition) is 1. The summed E-state index contributed by atoms with van der Waals surface area (Å²) in [6.45, 7) is 0. The molecule has 16 heavy (non-hydrogen) atoms. The van der Waals surface area contributed by atoms with Gasteiger partial charge in [-0.05, 0) is 30.5 Å². The molecule has 0 heterocycles. The molecule has 1 aromatic rings. The van der Waals surface area contributed by atoms with Gasteiger partial charge in [0.05, 0.1) is 6.42 Å². The largest absolute Gasteiger partial charge is 0.481 e. The van der Waals surface area contributed by atoms with E-state index in [2.05, 4.69) is 0 Å². The number of rotatable bonds is 3. The first kappa shape index (κ1) is 11.4. The first-order valence-electron chi connectivity index (χ1n) is 5.21. The van der Waals surface area contributed by atoms with Gasteiger partial charge in [-0.15, -0.1) is 0 Å². The molecule has 0 saturated heterocycles. The van der Waals surface area contributed by atoms with Crippen LogP contribution < -0.4 is 0 Å². The average Bonchev–Trinajstić information content (AvgIpc) is 2.12. The van der Waals surface area contributed by atoms with Crippen molar-refractivity contribution >= 4 is 17.6 Å². The predicted molar refractivity (Wildman–Crippen MR) is 59.2 cm³/mol. The lowest BCUT2D eigenvalue weighted by Gasteiger charge is -2.41. The molecule has 2 rings (SSSR count). The second-order valence-electron chi connectivity index (χ2n) is 4.33. The summed E-state index contributed by atoms with van der Waals surface area (Å²) in [6.07, 6.45) is 2.41. The van der Waals surface area contributed by atoms with Crippen molar-refractivity contribution in [2.75, 3.05) is 0 Å². The van der Waals surface area contributed by atoms with Gasteiger partial charge in [0.15, 0.2) is 0 Å². The molecule has 0 spiro atoms. The molecular weight excluding hydrogens is 231 g/mol. The zero-order valence-electron chi connectivity index (χ0n) is 8.67. The molecule has 2 nitrogen and oxygen atoms in total. The molecule has 1 aromatic carbocycles. The monoisotopic (exact) mass is 242 g/mol. The van der Waals surface area contributed by atoms with Gasteiger partial charge in [0.25, 0.3) is 0 Å². The Balaban J connectivity index is 2.36. The highest BCUT2D eigenvalue weighted by Crippen LogP contribution is 2.47. The Labute approximate surface area is 98.0 Å². The van der Waals surface area contributed by atoms with Crippen molar-refractivity contribution in [2.45, 2.75) is 31.1 Å². The van der Waals surface area contributed by atoms with Gasteiger partial charge in [-0.3, -0.25) is 4.79 Å². The van der Waals surface area contributed by atoms with Crippen LogP contribution in [0.3, 0.4) is 0 Å². The van der Waals surface area contributed by atoms with E-state index < -0.39 is 17.2 Å². The molecule has 0 radical (unpaired) electrons. The summed E-state index contributed by atoms with van der Waals surface area (Å²) >= 11 is 5.68. The first-order valence-corrected chi connectivity index (χ1v) is 5.59. The Morgan fingerprint density at radius 3 is 2.62 bits per heavy atom. The molecular formula is C12H12ClFO2. The number of carbonyl (C=O) groups is 1. The van der Waals surface area contributed by atoms with Gasteiger partial charge in [0, 0.05) is 10.4 Å². The van der Waals surface area contributed by atoms with E-state index in [-0.39, 0.29) is 6.42 Å². The second kappa shape index (κ2) is 4.06. The fourth-order valence-electron chi connectivity index (χ4n) is 2.35. The number of aliphatic carboxylic acids is 1. The number of hydrogen-bond acceptors (Lipinski definition) is 1. The quantitative estimate of drug-likeness (QED) is 0.882. The fourth-order valence-corrected chi connectivity index (χ4v) is 2.51. The van der Waals surface area contributed by atoms with E-state index in [1.807, 2.05) is 0 Å². The van der Waals surface area contributed by atoms with Crippen molar-refractivity contribution in [3.8, 4) is 0 Å². The van der Waals surface area contributed by atoms with E-state index in [4.69, 9.17) is 16.7 Å². The van der Waals surface area contributed by atoms with Gasteiger partial charge in [0.1, 0.15) is 5.82 Å². The Hall–Kier alpha value is -1.09. The highest BCUT2D eigenvalue weighted by atomic mass is 35.5. The molecule has 1 N–H and O–H groups in total. The van der Waals surface area contributed by atoms with Crippen molar-refractivity contribution in [1.29, 1.82) is 0 Å². The minimum Gasteiger partial charge on any atom is -0.481 e. The number of carboxylic acids is 1. The van der Waals surface area contributed by atoms with Crippen LogP contribution in [0.2, 0.25) is 5.02 Å². The molecule has 0 aliphatic heterocycles. The zero-order chi connectivity index (χ0) is 11.8. The van der Waals surface area contributed by atoms with E-state index in [0.717, 1.165) is 19.3 Å². The van der Waals surface area contributed by atoms with E-state index >= 15 is 0 Å². The maximum absolute atomic E-state index is 13.7. The van der Waals surface area contributed by atoms with Crippen molar-refractivity contribution < 1.29 is 14.3 Å². The molecule has 0 bridgehead atoms. The lowest BCUT2D eigenvalue weighted by atomic mass is 9.62. The second-order valence-corrected chi connectivity index (χ2v) is 4.77. The fraction of sp³-hybridized carbons (Fsp3) is 0.417. The van der Waals surface area contributed by atoms with Gasteiger partial charge >= 0.3 is 5.97 Å². The zero-order valence-corrected chi connectivity index (χ0v) is 9.43. The number of carboxylic acid groups (broad SMARTS) is 1. The smallest absolute Gasteiger partial charge is 0.304 e. The van der Waals surface area contributed by atoms with Crippen LogP contribution in [0.5, 0.6) is 0 Å². The third-order valence-electron chi connectivity index (χ3n) is 3.30. The minimum atomic E-state index is -0.881. The van der Waals surface area contributed by atoms with Crippen LogP contribution in [0.25, 0.3) is 0 Å². The summed E-state index contributed by atoms with van der Waals surface area (Å²) in [5.74, 6) is -1.28. The van der Waals surface area contributed by atoms with Crippen LogP contribution in [-0.4, -0.2) is 11.1 Å². The summed E-state index contributed by atoms with van der Waals surface area (Å²) in [4.78, 5) is 10.8. The highest BCUT2D eigenvalue weighted by Gasteiger charge is 2.42. The molecule has 86 valence electrons. The Morgan fingerprint density at radius 1 is 1.50 bits per heavy atom. The van der Waals surface area contributed by atoms with Gasteiger partial charge in [0.2, 0.25) is 0 Å². The van der Waals surface area contributed by atoms with E-state index in [1.54, 1.807) is 12.1 Å². The maximum Gasteiger partial charge on any atom is 0.304 e. The van der Waals surface area contributed by atoms with E-state index in [0.29, 0.717) is 10.6 Å². The summed E-state index contributed by atoms with van der Waals surface area (Å²) < 4.78 is 13.7. The Kier molecular flexibility index (Phi) is 2.89. The Morgan fingerprint density at radius 2 is 2.19 bits per heavy atom. The summed E-state index contributed by atoms with van der Waals surface area (Å²) in [5, 5.41) is 9.21. The topological polar surface area (TPSA) is 37.3 Å². The first-order chi connectivity index (χ1) is 7.53. The number of benzene rings is 1. The highest BCUT2D eigenvalue weighted by molar-refractivity contribution is 6.30. The maximum atomic E-state index is 13.7. The van der Waals surface area contributed by atoms with Crippen LogP contribution in [0.1, 0.15) is 31.2 Å². The average molecular weight is 243 g/mol. The molecule has 4 heteroatoms. The van der Waals surface area contributed by atoms with Crippen LogP contribution in [0, 0.1) is 5.82 Å². The molecule has 1 fully saturated rings. The molecule has 1 saturated carbocycles. The molecule has 1 aliphatic rings. The van der Waals surface area contributed by atoms with Crippen molar-refractivity contribution in [3.05, 3.63) is 34.6 Å². The van der Waals surface area contributed by atoms with Crippen LogP contribution in [0.15, 0.2) is 18.2 Å². The van der Waals surface area contributed by atoms with Crippen molar-refractivity contribution in [1.82, 2.24) is 0 Å². The normalized spacial score (nSPS) is 17.9. The summed E-state index contributed by atoms with van der Waals surface area (Å²) in [6, 6.07) is 4.47. The molecule has 0 aromatic heterocycles.